The van der Waals surface area contributed by atoms with Crippen molar-refractivity contribution >= 4 is 17.6 Å². The van der Waals surface area contributed by atoms with Crippen molar-refractivity contribution in [3.05, 3.63) is 34.9 Å². The highest BCUT2D eigenvalue weighted by atomic mass is 35.5. The van der Waals surface area contributed by atoms with Gasteiger partial charge in [-0.2, -0.15) is 0 Å². The lowest BCUT2D eigenvalue weighted by molar-refractivity contribution is 0.123. The maximum Gasteiger partial charge on any atom is 0.191 e. The van der Waals surface area contributed by atoms with Crippen molar-refractivity contribution in [2.75, 3.05) is 26.3 Å². The molecule has 1 aliphatic rings. The van der Waals surface area contributed by atoms with Crippen LogP contribution in [-0.4, -0.2) is 32.3 Å². The third-order valence-corrected chi connectivity index (χ3v) is 3.74. The SMILES string of the molecule is CCNC(=NCc1ccc(Cl)cc1)NCCCOCC1CC1. The van der Waals surface area contributed by atoms with E-state index in [1.807, 2.05) is 24.3 Å². The van der Waals surface area contributed by atoms with E-state index in [1.54, 1.807) is 0 Å². The Balaban J connectivity index is 1.65. The van der Waals surface area contributed by atoms with Gasteiger partial charge in [0.2, 0.25) is 0 Å². The topological polar surface area (TPSA) is 45.7 Å². The predicted octanol–water partition coefficient (Wildman–Crippen LogP) is 3.21. The summed E-state index contributed by atoms with van der Waals surface area (Å²) in [5.41, 5.74) is 1.15. The molecule has 1 aromatic carbocycles. The van der Waals surface area contributed by atoms with Crippen molar-refractivity contribution in [2.24, 2.45) is 10.9 Å². The Morgan fingerprint density at radius 3 is 2.73 bits per heavy atom. The zero-order valence-electron chi connectivity index (χ0n) is 13.3. The molecule has 0 amide bonds. The van der Waals surface area contributed by atoms with Crippen LogP contribution in [0.2, 0.25) is 5.02 Å². The van der Waals surface area contributed by atoms with Crippen LogP contribution in [0.3, 0.4) is 0 Å². The molecule has 4 nitrogen and oxygen atoms in total. The molecule has 2 rings (SSSR count). The summed E-state index contributed by atoms with van der Waals surface area (Å²) in [4.78, 5) is 4.58. The Kier molecular flexibility index (Phi) is 7.54. The lowest BCUT2D eigenvalue weighted by Crippen LogP contribution is -2.38. The lowest BCUT2D eigenvalue weighted by Gasteiger charge is -2.11. The molecule has 0 radical (unpaired) electrons. The van der Waals surface area contributed by atoms with Crippen molar-refractivity contribution in [1.29, 1.82) is 0 Å². The van der Waals surface area contributed by atoms with Crippen molar-refractivity contribution < 1.29 is 4.74 Å². The van der Waals surface area contributed by atoms with Crippen LogP contribution in [0, 0.1) is 5.92 Å². The number of aliphatic imine (C=N–C) groups is 1. The molecule has 1 saturated carbocycles. The van der Waals surface area contributed by atoms with Crippen LogP contribution in [0.4, 0.5) is 0 Å². The van der Waals surface area contributed by atoms with Gasteiger partial charge in [0.05, 0.1) is 6.54 Å². The summed E-state index contributed by atoms with van der Waals surface area (Å²) in [6.07, 6.45) is 3.69. The second kappa shape index (κ2) is 9.70. The van der Waals surface area contributed by atoms with Gasteiger partial charge >= 0.3 is 0 Å². The monoisotopic (exact) mass is 323 g/mol. The number of ether oxygens (including phenoxy) is 1. The van der Waals surface area contributed by atoms with Gasteiger partial charge in [-0.05, 0) is 49.8 Å². The molecule has 1 fully saturated rings. The van der Waals surface area contributed by atoms with Gasteiger partial charge in [0.25, 0.3) is 0 Å². The first kappa shape index (κ1) is 17.1. The van der Waals surface area contributed by atoms with E-state index in [4.69, 9.17) is 16.3 Å². The molecular weight excluding hydrogens is 298 g/mol. The minimum atomic E-state index is 0.644. The first-order chi connectivity index (χ1) is 10.8. The second-order valence-corrected chi connectivity index (χ2v) is 6.06. The van der Waals surface area contributed by atoms with E-state index >= 15 is 0 Å². The highest BCUT2D eigenvalue weighted by Gasteiger charge is 2.20. The van der Waals surface area contributed by atoms with Gasteiger partial charge in [-0.1, -0.05) is 23.7 Å². The summed E-state index contributed by atoms with van der Waals surface area (Å²) in [5.74, 6) is 1.69. The Morgan fingerprint density at radius 1 is 1.27 bits per heavy atom. The van der Waals surface area contributed by atoms with E-state index in [2.05, 4.69) is 22.5 Å². The van der Waals surface area contributed by atoms with Crippen molar-refractivity contribution in [2.45, 2.75) is 32.7 Å². The summed E-state index contributed by atoms with van der Waals surface area (Å²) >= 11 is 5.89. The second-order valence-electron chi connectivity index (χ2n) is 5.62. The van der Waals surface area contributed by atoms with E-state index in [9.17, 15) is 0 Å². The molecule has 0 saturated heterocycles. The Hall–Kier alpha value is -1.26. The molecule has 5 heteroatoms. The molecule has 1 aromatic rings. The van der Waals surface area contributed by atoms with E-state index in [0.29, 0.717) is 6.54 Å². The molecule has 0 aliphatic heterocycles. The van der Waals surface area contributed by atoms with Gasteiger partial charge in [-0.25, -0.2) is 4.99 Å². The Bertz CT molecular complexity index is 457. The predicted molar refractivity (Wildman–Crippen MR) is 92.4 cm³/mol. The van der Waals surface area contributed by atoms with Crippen LogP contribution >= 0.6 is 11.6 Å². The van der Waals surface area contributed by atoms with Gasteiger partial charge in [-0.15, -0.1) is 0 Å². The number of nitrogens with one attached hydrogen (secondary N) is 2. The lowest BCUT2D eigenvalue weighted by atomic mass is 10.2. The van der Waals surface area contributed by atoms with Crippen LogP contribution < -0.4 is 10.6 Å². The number of hydrogen-bond donors (Lipinski definition) is 2. The van der Waals surface area contributed by atoms with Crippen molar-refractivity contribution in [3.8, 4) is 0 Å². The molecule has 0 atom stereocenters. The van der Waals surface area contributed by atoms with Crippen molar-refractivity contribution in [3.63, 3.8) is 0 Å². The van der Waals surface area contributed by atoms with Gasteiger partial charge in [0, 0.05) is 31.3 Å². The molecule has 0 heterocycles. The summed E-state index contributed by atoms with van der Waals surface area (Å²) in [6.45, 7) is 6.19. The van der Waals surface area contributed by atoms with Crippen LogP contribution in [0.1, 0.15) is 31.7 Å². The average Bonchev–Trinajstić information content (AvgIpc) is 3.34. The number of rotatable bonds is 9. The third-order valence-electron chi connectivity index (χ3n) is 3.49. The van der Waals surface area contributed by atoms with Crippen molar-refractivity contribution in [1.82, 2.24) is 10.6 Å². The standard InChI is InChI=1S/C17H26ClN3O/c1-2-19-17(20-10-3-11-22-13-15-4-5-15)21-12-14-6-8-16(18)9-7-14/h6-9,15H,2-5,10-13H2,1H3,(H2,19,20,21). The third kappa shape index (κ3) is 7.14. The van der Waals surface area contributed by atoms with Crippen LogP contribution in [0.15, 0.2) is 29.3 Å². The first-order valence-corrected chi connectivity index (χ1v) is 8.50. The maximum atomic E-state index is 5.89. The fourth-order valence-corrected chi connectivity index (χ4v) is 2.14. The number of benzene rings is 1. The molecule has 122 valence electrons. The summed E-state index contributed by atoms with van der Waals surface area (Å²) in [7, 11) is 0. The average molecular weight is 324 g/mol. The van der Waals surface area contributed by atoms with Gasteiger partial charge in [-0.3, -0.25) is 0 Å². The van der Waals surface area contributed by atoms with E-state index < -0.39 is 0 Å². The number of hydrogen-bond acceptors (Lipinski definition) is 2. The molecule has 0 bridgehead atoms. The minimum Gasteiger partial charge on any atom is -0.381 e. The number of guanidine groups is 1. The van der Waals surface area contributed by atoms with E-state index in [1.165, 1.54) is 12.8 Å². The molecule has 0 aromatic heterocycles. The van der Waals surface area contributed by atoms with E-state index in [-0.39, 0.29) is 0 Å². The molecule has 22 heavy (non-hydrogen) atoms. The molecule has 2 N–H and O–H groups in total. The van der Waals surface area contributed by atoms with Gasteiger partial charge < -0.3 is 15.4 Å². The van der Waals surface area contributed by atoms with Crippen LogP contribution in [-0.2, 0) is 11.3 Å². The molecular formula is C17H26ClN3O. The molecule has 0 unspecified atom stereocenters. The van der Waals surface area contributed by atoms with Gasteiger partial charge in [0.15, 0.2) is 5.96 Å². The quantitative estimate of drug-likeness (QED) is 0.417. The largest absolute Gasteiger partial charge is 0.381 e. The Labute approximate surface area is 138 Å². The number of nitrogens with zero attached hydrogens (tertiary/aromatic N) is 1. The first-order valence-electron chi connectivity index (χ1n) is 8.12. The maximum absolute atomic E-state index is 5.89. The zero-order valence-corrected chi connectivity index (χ0v) is 14.0. The highest BCUT2D eigenvalue weighted by Crippen LogP contribution is 2.28. The van der Waals surface area contributed by atoms with E-state index in [0.717, 1.165) is 55.2 Å². The Morgan fingerprint density at radius 2 is 2.05 bits per heavy atom. The summed E-state index contributed by atoms with van der Waals surface area (Å²) in [5, 5.41) is 7.35. The zero-order chi connectivity index (χ0) is 15.6. The normalized spacial score (nSPS) is 14.9. The molecule has 0 spiro atoms. The smallest absolute Gasteiger partial charge is 0.191 e. The highest BCUT2D eigenvalue weighted by molar-refractivity contribution is 6.30. The fourth-order valence-electron chi connectivity index (χ4n) is 2.02. The summed E-state index contributed by atoms with van der Waals surface area (Å²) in [6, 6.07) is 7.79. The minimum absolute atomic E-state index is 0.644. The van der Waals surface area contributed by atoms with Crippen LogP contribution in [0.25, 0.3) is 0 Å². The van der Waals surface area contributed by atoms with Crippen LogP contribution in [0.5, 0.6) is 0 Å². The summed E-state index contributed by atoms with van der Waals surface area (Å²) < 4.78 is 5.63. The molecule has 1 aliphatic carbocycles. The fraction of sp³-hybridized carbons (Fsp3) is 0.588. The number of halogens is 1. The van der Waals surface area contributed by atoms with Gasteiger partial charge in [0.1, 0.15) is 0 Å².